The molecule has 1 aromatic rings. The van der Waals surface area contributed by atoms with Gasteiger partial charge >= 0.3 is 0 Å². The average molecular weight is 293 g/mol. The summed E-state index contributed by atoms with van der Waals surface area (Å²) in [5.41, 5.74) is 6.19. The maximum Gasteiger partial charge on any atom is 0.253 e. The van der Waals surface area contributed by atoms with Crippen molar-refractivity contribution in [3.8, 4) is 5.75 Å². The molecule has 0 aliphatic heterocycles. The lowest BCUT2D eigenvalue weighted by Gasteiger charge is -2.20. The van der Waals surface area contributed by atoms with Crippen LogP contribution in [-0.2, 0) is 4.79 Å². The van der Waals surface area contributed by atoms with Gasteiger partial charge in [-0.05, 0) is 32.9 Å². The molecule has 21 heavy (non-hydrogen) atoms. The lowest BCUT2D eigenvalue weighted by Crippen LogP contribution is -2.42. The molecule has 1 rings (SSSR count). The second kappa shape index (κ2) is 6.97. The van der Waals surface area contributed by atoms with Crippen molar-refractivity contribution < 1.29 is 14.3 Å². The molecule has 0 bridgehead atoms. The van der Waals surface area contributed by atoms with Gasteiger partial charge in [0.15, 0.2) is 0 Å². The quantitative estimate of drug-likeness (QED) is 0.714. The molecule has 0 radical (unpaired) electrons. The molecule has 0 saturated carbocycles. The highest BCUT2D eigenvalue weighted by molar-refractivity contribution is 6.00. The Bertz CT molecular complexity index is 521. The summed E-state index contributed by atoms with van der Waals surface area (Å²) in [5.74, 6) is 0.0181. The van der Waals surface area contributed by atoms with Gasteiger partial charge in [-0.1, -0.05) is 6.07 Å². The highest BCUT2D eigenvalue weighted by Crippen LogP contribution is 2.24. The summed E-state index contributed by atoms with van der Waals surface area (Å²) in [6.07, 6.45) is 0.215. The van der Waals surface area contributed by atoms with Gasteiger partial charge in [0.1, 0.15) is 5.75 Å². The number of carbonyl (C=O) groups excluding carboxylic acids is 2. The fourth-order valence-corrected chi connectivity index (χ4v) is 1.79. The number of anilines is 1. The van der Waals surface area contributed by atoms with Gasteiger partial charge < -0.3 is 21.1 Å². The molecule has 0 aromatic heterocycles. The molecular formula is C15H23N3O3. The fourth-order valence-electron chi connectivity index (χ4n) is 1.79. The van der Waals surface area contributed by atoms with Crippen molar-refractivity contribution in [2.45, 2.75) is 32.7 Å². The third-order valence-electron chi connectivity index (χ3n) is 2.68. The van der Waals surface area contributed by atoms with Crippen LogP contribution in [0.5, 0.6) is 5.75 Å². The summed E-state index contributed by atoms with van der Waals surface area (Å²) in [5, 5.41) is 5.50. The van der Waals surface area contributed by atoms with Crippen molar-refractivity contribution in [1.29, 1.82) is 0 Å². The minimum absolute atomic E-state index is 0.110. The summed E-state index contributed by atoms with van der Waals surface area (Å²) in [6.45, 7) is 5.96. The number of nitrogen functional groups attached to an aromatic ring is 1. The Balaban J connectivity index is 2.54. The molecule has 0 unspecified atom stereocenters. The summed E-state index contributed by atoms with van der Waals surface area (Å²) >= 11 is 0. The first-order chi connectivity index (χ1) is 9.74. The number of nitrogens with one attached hydrogen (secondary N) is 2. The summed E-state index contributed by atoms with van der Waals surface area (Å²) < 4.78 is 5.06. The maximum absolute atomic E-state index is 12.0. The van der Waals surface area contributed by atoms with Gasteiger partial charge in [0, 0.05) is 18.5 Å². The Labute approximate surface area is 125 Å². The first kappa shape index (κ1) is 16.8. The number of para-hydroxylation sites is 1. The van der Waals surface area contributed by atoms with Gasteiger partial charge in [0.05, 0.1) is 18.4 Å². The number of ether oxygens (including phenoxy) is 1. The second-order valence-electron chi connectivity index (χ2n) is 5.73. The first-order valence-electron chi connectivity index (χ1n) is 6.76. The molecule has 0 aliphatic rings. The van der Waals surface area contributed by atoms with Crippen molar-refractivity contribution in [3.05, 3.63) is 23.8 Å². The maximum atomic E-state index is 12.0. The van der Waals surface area contributed by atoms with Crippen LogP contribution in [0.15, 0.2) is 18.2 Å². The lowest BCUT2D eigenvalue weighted by atomic mass is 10.1. The van der Waals surface area contributed by atoms with Crippen molar-refractivity contribution in [2.24, 2.45) is 0 Å². The molecule has 0 aliphatic carbocycles. The Kier molecular flexibility index (Phi) is 5.58. The SMILES string of the molecule is COc1cccc(C(=O)NCCC(=O)NC(C)(C)C)c1N. The van der Waals surface area contributed by atoms with Gasteiger partial charge in [-0.2, -0.15) is 0 Å². The molecule has 0 atom stereocenters. The molecule has 0 saturated heterocycles. The van der Waals surface area contributed by atoms with Gasteiger partial charge in [0.2, 0.25) is 5.91 Å². The smallest absolute Gasteiger partial charge is 0.253 e. The molecular weight excluding hydrogens is 270 g/mol. The third kappa shape index (κ3) is 5.33. The topological polar surface area (TPSA) is 93.4 Å². The summed E-state index contributed by atoms with van der Waals surface area (Å²) in [6, 6.07) is 4.99. The number of carbonyl (C=O) groups is 2. The predicted molar refractivity (Wildman–Crippen MR) is 82.3 cm³/mol. The number of nitrogens with two attached hydrogens (primary N) is 1. The first-order valence-corrected chi connectivity index (χ1v) is 6.76. The van der Waals surface area contributed by atoms with E-state index < -0.39 is 0 Å². The molecule has 0 fully saturated rings. The Morgan fingerprint density at radius 2 is 1.95 bits per heavy atom. The van der Waals surface area contributed by atoms with E-state index >= 15 is 0 Å². The Hall–Kier alpha value is -2.24. The van der Waals surface area contributed by atoms with Crippen LogP contribution in [0.4, 0.5) is 5.69 Å². The number of methoxy groups -OCH3 is 1. The molecule has 6 heteroatoms. The van der Waals surface area contributed by atoms with Crippen LogP contribution >= 0.6 is 0 Å². The molecule has 2 amide bonds. The highest BCUT2D eigenvalue weighted by Gasteiger charge is 2.15. The van der Waals surface area contributed by atoms with Crippen molar-refractivity contribution in [2.75, 3.05) is 19.4 Å². The average Bonchev–Trinajstić information content (AvgIpc) is 2.36. The van der Waals surface area contributed by atoms with Crippen molar-refractivity contribution >= 4 is 17.5 Å². The van der Waals surface area contributed by atoms with Gasteiger partial charge in [-0.3, -0.25) is 9.59 Å². The van der Waals surface area contributed by atoms with Crippen molar-refractivity contribution in [1.82, 2.24) is 10.6 Å². The zero-order valence-electron chi connectivity index (χ0n) is 12.9. The minimum atomic E-state index is -0.324. The predicted octanol–water partition coefficient (Wildman–Crippen LogP) is 1.31. The van der Waals surface area contributed by atoms with E-state index in [1.54, 1.807) is 18.2 Å². The van der Waals surface area contributed by atoms with Gasteiger partial charge in [-0.15, -0.1) is 0 Å². The monoisotopic (exact) mass is 293 g/mol. The lowest BCUT2D eigenvalue weighted by molar-refractivity contribution is -0.122. The van der Waals surface area contributed by atoms with E-state index in [0.29, 0.717) is 11.3 Å². The van der Waals surface area contributed by atoms with Gasteiger partial charge in [-0.25, -0.2) is 0 Å². The van der Waals surface area contributed by atoms with E-state index in [-0.39, 0.29) is 36.0 Å². The van der Waals surface area contributed by atoms with E-state index in [1.165, 1.54) is 7.11 Å². The Morgan fingerprint density at radius 3 is 2.52 bits per heavy atom. The van der Waals surface area contributed by atoms with Crippen LogP contribution in [0.25, 0.3) is 0 Å². The molecule has 6 nitrogen and oxygen atoms in total. The number of hydrogen-bond donors (Lipinski definition) is 3. The molecule has 0 heterocycles. The summed E-state index contributed by atoms with van der Waals surface area (Å²) in [7, 11) is 1.49. The van der Waals surface area contributed by atoms with Crippen LogP contribution in [0.3, 0.4) is 0 Å². The number of amides is 2. The van der Waals surface area contributed by atoms with E-state index in [1.807, 2.05) is 20.8 Å². The number of benzene rings is 1. The minimum Gasteiger partial charge on any atom is -0.495 e. The standard InChI is InChI=1S/C15H23N3O3/c1-15(2,3)18-12(19)8-9-17-14(20)10-6-5-7-11(21-4)13(10)16/h5-7H,8-9,16H2,1-4H3,(H,17,20)(H,18,19). The van der Waals surface area contributed by atoms with E-state index in [2.05, 4.69) is 10.6 Å². The number of rotatable bonds is 5. The zero-order chi connectivity index (χ0) is 16.0. The van der Waals surface area contributed by atoms with Crippen molar-refractivity contribution in [3.63, 3.8) is 0 Å². The molecule has 1 aromatic carbocycles. The van der Waals surface area contributed by atoms with Crippen LogP contribution < -0.4 is 21.1 Å². The fraction of sp³-hybridized carbons (Fsp3) is 0.467. The van der Waals surface area contributed by atoms with Crippen LogP contribution in [0, 0.1) is 0 Å². The number of hydrogen-bond acceptors (Lipinski definition) is 4. The summed E-state index contributed by atoms with van der Waals surface area (Å²) in [4.78, 5) is 23.7. The van der Waals surface area contributed by atoms with Crippen LogP contribution in [0.2, 0.25) is 0 Å². The van der Waals surface area contributed by atoms with E-state index in [9.17, 15) is 9.59 Å². The highest BCUT2D eigenvalue weighted by atomic mass is 16.5. The van der Waals surface area contributed by atoms with E-state index in [0.717, 1.165) is 0 Å². The molecule has 116 valence electrons. The van der Waals surface area contributed by atoms with Crippen LogP contribution in [-0.4, -0.2) is 31.0 Å². The zero-order valence-corrected chi connectivity index (χ0v) is 12.9. The normalized spacial score (nSPS) is 10.9. The second-order valence-corrected chi connectivity index (χ2v) is 5.73. The molecule has 4 N–H and O–H groups in total. The van der Waals surface area contributed by atoms with Gasteiger partial charge in [0.25, 0.3) is 5.91 Å². The third-order valence-corrected chi connectivity index (χ3v) is 2.68. The molecule has 0 spiro atoms. The van der Waals surface area contributed by atoms with E-state index in [4.69, 9.17) is 10.5 Å². The van der Waals surface area contributed by atoms with Crippen LogP contribution in [0.1, 0.15) is 37.6 Å². The largest absolute Gasteiger partial charge is 0.495 e. The Morgan fingerprint density at radius 1 is 1.29 bits per heavy atom.